The lowest BCUT2D eigenvalue weighted by Gasteiger charge is -2.33. The summed E-state index contributed by atoms with van der Waals surface area (Å²) in [5.74, 6) is -0.0889. The number of likely N-dealkylation sites (tertiary alicyclic amines) is 1. The predicted octanol–water partition coefficient (Wildman–Crippen LogP) is 4.75. The third-order valence-corrected chi connectivity index (χ3v) is 5.35. The molecule has 1 aliphatic heterocycles. The van der Waals surface area contributed by atoms with Crippen LogP contribution in [0.5, 0.6) is 5.75 Å². The molecule has 0 amide bonds. The lowest BCUT2D eigenvalue weighted by molar-refractivity contribution is -0.142. The van der Waals surface area contributed by atoms with E-state index in [1.165, 1.54) is 0 Å². The van der Waals surface area contributed by atoms with Gasteiger partial charge < -0.3 is 9.84 Å². The van der Waals surface area contributed by atoms with Crippen LogP contribution in [0.2, 0.25) is 5.02 Å². The van der Waals surface area contributed by atoms with Crippen LogP contribution in [0.4, 0.5) is 0 Å². The molecule has 1 N–H and O–H groups in total. The molecule has 0 saturated carbocycles. The first-order valence-electron chi connectivity index (χ1n) is 8.08. The largest absolute Gasteiger partial charge is 0.496 e. The van der Waals surface area contributed by atoms with Crippen LogP contribution in [-0.4, -0.2) is 35.7 Å². The van der Waals surface area contributed by atoms with Crippen molar-refractivity contribution in [2.45, 2.75) is 24.9 Å². The lowest BCUT2D eigenvalue weighted by Crippen LogP contribution is -2.39. The minimum atomic E-state index is -0.791. The summed E-state index contributed by atoms with van der Waals surface area (Å²) in [5.41, 5.74) is 1.89. The first-order chi connectivity index (χ1) is 12.0. The third kappa shape index (κ3) is 3.84. The summed E-state index contributed by atoms with van der Waals surface area (Å²) in [6, 6.07) is 12.7. The summed E-state index contributed by atoms with van der Waals surface area (Å²) in [4.78, 5) is 13.8. The van der Waals surface area contributed by atoms with E-state index in [4.69, 9.17) is 16.3 Å². The maximum absolute atomic E-state index is 11.7. The van der Waals surface area contributed by atoms with E-state index in [1.807, 2.05) is 41.3 Å². The van der Waals surface area contributed by atoms with Crippen LogP contribution in [0.15, 0.2) is 46.9 Å². The molecule has 0 aliphatic carbocycles. The Morgan fingerprint density at radius 3 is 2.68 bits per heavy atom. The van der Waals surface area contributed by atoms with Crippen LogP contribution in [-0.2, 0) is 4.79 Å². The molecule has 0 spiro atoms. The molecule has 1 aliphatic rings. The molecule has 0 bridgehead atoms. The quantitative estimate of drug-likeness (QED) is 0.752. The first-order valence-corrected chi connectivity index (χ1v) is 9.26. The van der Waals surface area contributed by atoms with E-state index in [0.717, 1.165) is 22.0 Å². The summed E-state index contributed by atoms with van der Waals surface area (Å²) < 4.78 is 6.52. The number of methoxy groups -OCH3 is 1. The topological polar surface area (TPSA) is 49.8 Å². The Morgan fingerprint density at radius 2 is 2.04 bits per heavy atom. The molecule has 25 heavy (non-hydrogen) atoms. The van der Waals surface area contributed by atoms with Gasteiger partial charge in [0.2, 0.25) is 0 Å². The van der Waals surface area contributed by atoms with Gasteiger partial charge in [-0.2, -0.15) is 0 Å². The number of carboxylic acid groups (broad SMARTS) is 1. The highest BCUT2D eigenvalue weighted by molar-refractivity contribution is 9.10. The van der Waals surface area contributed by atoms with Crippen molar-refractivity contribution in [2.75, 3.05) is 13.7 Å². The van der Waals surface area contributed by atoms with Crippen molar-refractivity contribution < 1.29 is 14.6 Å². The molecule has 1 fully saturated rings. The van der Waals surface area contributed by atoms with Crippen molar-refractivity contribution in [1.29, 1.82) is 0 Å². The van der Waals surface area contributed by atoms with Gasteiger partial charge in [-0.1, -0.05) is 39.7 Å². The fourth-order valence-electron chi connectivity index (χ4n) is 3.48. The smallest absolute Gasteiger partial charge is 0.320 e. The Bertz CT molecular complexity index is 766. The van der Waals surface area contributed by atoms with Crippen LogP contribution in [0.25, 0.3) is 0 Å². The summed E-state index contributed by atoms with van der Waals surface area (Å²) >= 11 is 9.69. The van der Waals surface area contributed by atoms with Crippen LogP contribution < -0.4 is 4.74 Å². The number of hydrogen-bond donors (Lipinski definition) is 1. The summed E-state index contributed by atoms with van der Waals surface area (Å²) in [6.45, 7) is 0.716. The molecule has 4 nitrogen and oxygen atoms in total. The summed E-state index contributed by atoms with van der Waals surface area (Å²) in [7, 11) is 1.62. The SMILES string of the molecule is COc1ccc(Cl)cc1C(c1ccc(Br)cc1)N1CCCC1C(=O)O. The van der Waals surface area contributed by atoms with E-state index < -0.39 is 12.0 Å². The van der Waals surface area contributed by atoms with Crippen LogP contribution in [0, 0.1) is 0 Å². The molecule has 3 rings (SSSR count). The van der Waals surface area contributed by atoms with Gasteiger partial charge >= 0.3 is 5.97 Å². The van der Waals surface area contributed by atoms with Gasteiger partial charge in [0.25, 0.3) is 0 Å². The van der Waals surface area contributed by atoms with Gasteiger partial charge in [0.05, 0.1) is 13.2 Å². The van der Waals surface area contributed by atoms with Gasteiger partial charge in [0, 0.05) is 21.6 Å². The predicted molar refractivity (Wildman–Crippen MR) is 101 cm³/mol. The number of carbonyl (C=O) groups is 1. The maximum atomic E-state index is 11.7. The molecule has 0 aromatic heterocycles. The highest BCUT2D eigenvalue weighted by atomic mass is 79.9. The van der Waals surface area contributed by atoms with E-state index >= 15 is 0 Å². The number of ether oxygens (including phenoxy) is 1. The van der Waals surface area contributed by atoms with Gasteiger partial charge in [-0.3, -0.25) is 9.69 Å². The van der Waals surface area contributed by atoms with Crippen LogP contribution >= 0.6 is 27.5 Å². The molecule has 2 aromatic rings. The van der Waals surface area contributed by atoms with E-state index in [0.29, 0.717) is 23.7 Å². The molecule has 6 heteroatoms. The Hall–Kier alpha value is -1.56. The highest BCUT2D eigenvalue weighted by Gasteiger charge is 2.37. The fourth-order valence-corrected chi connectivity index (χ4v) is 3.92. The molecule has 2 atom stereocenters. The third-order valence-electron chi connectivity index (χ3n) is 4.58. The second-order valence-corrected chi connectivity index (χ2v) is 7.43. The van der Waals surface area contributed by atoms with Gasteiger partial charge in [0.1, 0.15) is 11.8 Å². The van der Waals surface area contributed by atoms with Crippen LogP contribution in [0.1, 0.15) is 30.0 Å². The Morgan fingerprint density at radius 1 is 1.32 bits per heavy atom. The molecule has 2 aromatic carbocycles. The zero-order valence-corrected chi connectivity index (χ0v) is 16.1. The van der Waals surface area contributed by atoms with E-state index in [1.54, 1.807) is 13.2 Å². The van der Waals surface area contributed by atoms with Crippen molar-refractivity contribution in [3.05, 3.63) is 63.1 Å². The zero-order valence-electron chi connectivity index (χ0n) is 13.8. The molecule has 132 valence electrons. The first kappa shape index (κ1) is 18.2. The normalized spacial score (nSPS) is 18.9. The zero-order chi connectivity index (χ0) is 18.0. The van der Waals surface area contributed by atoms with Gasteiger partial charge in [-0.25, -0.2) is 0 Å². The van der Waals surface area contributed by atoms with Gasteiger partial charge in [-0.05, 0) is 48.7 Å². The number of rotatable bonds is 5. The number of halogens is 2. The number of benzene rings is 2. The standard InChI is InChI=1S/C19H19BrClNO3/c1-25-17-9-8-14(21)11-15(17)18(12-4-6-13(20)7-5-12)22-10-2-3-16(22)19(23)24/h4-9,11,16,18H,2-3,10H2,1H3,(H,23,24). The van der Waals surface area contributed by atoms with Crippen molar-refractivity contribution in [1.82, 2.24) is 4.90 Å². The number of hydrogen-bond acceptors (Lipinski definition) is 3. The van der Waals surface area contributed by atoms with Crippen molar-refractivity contribution in [2.24, 2.45) is 0 Å². The van der Waals surface area contributed by atoms with Crippen molar-refractivity contribution >= 4 is 33.5 Å². The Kier molecular flexibility index (Phi) is 5.67. The minimum Gasteiger partial charge on any atom is -0.496 e. The molecular weight excluding hydrogens is 406 g/mol. The Labute approximate surface area is 160 Å². The van der Waals surface area contributed by atoms with E-state index in [-0.39, 0.29) is 6.04 Å². The monoisotopic (exact) mass is 423 g/mol. The minimum absolute atomic E-state index is 0.231. The number of nitrogens with zero attached hydrogens (tertiary/aromatic N) is 1. The second-order valence-electron chi connectivity index (χ2n) is 6.07. The molecule has 2 unspecified atom stereocenters. The van der Waals surface area contributed by atoms with Crippen molar-refractivity contribution in [3.8, 4) is 5.75 Å². The van der Waals surface area contributed by atoms with Crippen molar-refractivity contribution in [3.63, 3.8) is 0 Å². The average molecular weight is 425 g/mol. The van der Waals surface area contributed by atoms with Gasteiger partial charge in [0.15, 0.2) is 0 Å². The summed E-state index contributed by atoms with van der Waals surface area (Å²) in [5, 5.41) is 10.2. The molecule has 0 radical (unpaired) electrons. The second kappa shape index (κ2) is 7.77. The number of carboxylic acids is 1. The lowest BCUT2D eigenvalue weighted by atomic mass is 9.95. The maximum Gasteiger partial charge on any atom is 0.320 e. The highest BCUT2D eigenvalue weighted by Crippen LogP contribution is 2.40. The molecular formula is C19H19BrClNO3. The van der Waals surface area contributed by atoms with Crippen LogP contribution in [0.3, 0.4) is 0 Å². The molecule has 1 saturated heterocycles. The average Bonchev–Trinajstić information content (AvgIpc) is 3.07. The summed E-state index contributed by atoms with van der Waals surface area (Å²) in [6.07, 6.45) is 1.50. The Balaban J connectivity index is 2.14. The van der Waals surface area contributed by atoms with Gasteiger partial charge in [-0.15, -0.1) is 0 Å². The molecule has 1 heterocycles. The van der Waals surface area contributed by atoms with E-state index in [2.05, 4.69) is 15.9 Å². The van der Waals surface area contributed by atoms with E-state index in [9.17, 15) is 9.90 Å². The fraction of sp³-hybridized carbons (Fsp3) is 0.316. The number of aliphatic carboxylic acids is 1.